The minimum absolute atomic E-state index is 0.0926. The zero-order chi connectivity index (χ0) is 18.9. The van der Waals surface area contributed by atoms with Crippen LogP contribution in [0.5, 0.6) is 0 Å². The lowest BCUT2D eigenvalue weighted by Gasteiger charge is -2.12. The van der Waals surface area contributed by atoms with E-state index in [4.69, 9.17) is 23.2 Å². The van der Waals surface area contributed by atoms with Gasteiger partial charge >= 0.3 is 0 Å². The molecule has 5 nitrogen and oxygen atoms in total. The number of hydrogen-bond acceptors (Lipinski definition) is 3. The number of nitrogens with zero attached hydrogens (tertiary/aromatic N) is 4. The average Bonchev–Trinajstić information content (AvgIpc) is 2.92. The summed E-state index contributed by atoms with van der Waals surface area (Å²) in [5.41, 5.74) is 1.26. The molecule has 25 heavy (non-hydrogen) atoms. The van der Waals surface area contributed by atoms with Crippen LogP contribution in [0.1, 0.15) is 49.9 Å². The van der Waals surface area contributed by atoms with Crippen molar-refractivity contribution in [2.75, 3.05) is 0 Å². The molecule has 0 unspecified atom stereocenters. The highest BCUT2D eigenvalue weighted by Gasteiger charge is 2.21. The van der Waals surface area contributed by atoms with Gasteiger partial charge < -0.3 is 4.57 Å². The summed E-state index contributed by atoms with van der Waals surface area (Å²) in [6.45, 7) is 10.1. The van der Waals surface area contributed by atoms with E-state index in [2.05, 4.69) is 21.7 Å². The Bertz CT molecular complexity index is 924. The predicted octanol–water partition coefficient (Wildman–Crippen LogP) is 5.18. The van der Waals surface area contributed by atoms with Gasteiger partial charge in [0.15, 0.2) is 17.4 Å². The summed E-state index contributed by atoms with van der Waals surface area (Å²) < 4.78 is 16.3. The van der Waals surface area contributed by atoms with Crippen LogP contribution in [0.15, 0.2) is 27.1 Å². The Morgan fingerprint density at radius 2 is 1.96 bits per heavy atom. The van der Waals surface area contributed by atoms with Gasteiger partial charge in [0, 0.05) is 23.6 Å². The van der Waals surface area contributed by atoms with Crippen molar-refractivity contribution in [3.8, 4) is 0 Å². The van der Waals surface area contributed by atoms with Crippen LogP contribution in [0, 0.1) is 5.82 Å². The van der Waals surface area contributed by atoms with Gasteiger partial charge in [-0.05, 0) is 51.2 Å². The second-order valence-electron chi connectivity index (χ2n) is 5.70. The summed E-state index contributed by atoms with van der Waals surface area (Å²) in [5.74, 6) is -0.627. The predicted molar refractivity (Wildman–Crippen MR) is 101 cm³/mol. The summed E-state index contributed by atoms with van der Waals surface area (Å²) in [6.07, 6.45) is 0. The largest absolute Gasteiger partial charge is 0.319 e. The molecule has 0 aliphatic rings. The monoisotopic (exact) mass is 382 g/mol. The van der Waals surface area contributed by atoms with Gasteiger partial charge in [-0.25, -0.2) is 19.4 Å². The van der Waals surface area contributed by atoms with Crippen LogP contribution in [0.25, 0.3) is 16.7 Å². The van der Waals surface area contributed by atoms with Crippen LogP contribution in [0.3, 0.4) is 0 Å². The van der Waals surface area contributed by atoms with E-state index in [1.54, 1.807) is 17.6 Å². The smallest absolute Gasteiger partial charge is 0.222 e. The molecule has 0 fully saturated rings. The number of halogens is 3. The second-order valence-corrected chi connectivity index (χ2v) is 6.61. The summed E-state index contributed by atoms with van der Waals surface area (Å²) >= 11 is 11.9. The average molecular weight is 383 g/mol. The number of carbonyl (C=O) groups excluding carboxylic acids is 1. The molecule has 8 heteroatoms. The van der Waals surface area contributed by atoms with E-state index in [0.717, 1.165) is 0 Å². The van der Waals surface area contributed by atoms with E-state index in [0.29, 0.717) is 16.1 Å². The van der Waals surface area contributed by atoms with Gasteiger partial charge in [-0.1, -0.05) is 11.6 Å². The van der Waals surface area contributed by atoms with Gasteiger partial charge in [0.2, 0.25) is 5.29 Å². The lowest BCUT2D eigenvalue weighted by atomic mass is 10.1. The third kappa shape index (κ3) is 3.80. The lowest BCUT2D eigenvalue weighted by Crippen LogP contribution is -2.09. The molecule has 1 aromatic heterocycles. The van der Waals surface area contributed by atoms with Gasteiger partial charge in [0.05, 0.1) is 11.2 Å². The highest BCUT2D eigenvalue weighted by molar-refractivity contribution is 6.65. The Morgan fingerprint density at radius 1 is 1.32 bits per heavy atom. The molecule has 2 rings (SSSR count). The van der Waals surface area contributed by atoms with Gasteiger partial charge in [0.1, 0.15) is 5.52 Å². The van der Waals surface area contributed by atoms with Crippen LogP contribution in [-0.4, -0.2) is 27.3 Å². The number of hydrogen-bond donors (Lipinski definition) is 0. The number of Topliss-reactive ketones (excluding diaryl/α,β-unsaturated/α-hetero) is 1. The van der Waals surface area contributed by atoms with E-state index in [-0.39, 0.29) is 34.2 Å². The molecule has 0 saturated heterocycles. The molecule has 1 heterocycles. The fourth-order valence-electron chi connectivity index (χ4n) is 2.53. The van der Waals surface area contributed by atoms with Gasteiger partial charge in [-0.3, -0.25) is 4.79 Å². The number of allylic oxidation sites excluding steroid dienone is 1. The Balaban J connectivity index is 2.85. The Morgan fingerprint density at radius 3 is 2.44 bits per heavy atom. The Hall–Kier alpha value is -2.05. The Kier molecular flexibility index (Phi) is 5.75. The van der Waals surface area contributed by atoms with Crippen molar-refractivity contribution in [2.24, 2.45) is 9.98 Å². The minimum Gasteiger partial charge on any atom is -0.319 e. The molecule has 0 radical (unpaired) electrons. The molecule has 2 aromatic rings. The molecule has 0 saturated carbocycles. The molecule has 0 aliphatic carbocycles. The first-order valence-corrected chi connectivity index (χ1v) is 8.23. The van der Waals surface area contributed by atoms with Gasteiger partial charge in [0.25, 0.3) is 0 Å². The maximum Gasteiger partial charge on any atom is 0.222 e. The van der Waals surface area contributed by atoms with E-state index in [1.807, 2.05) is 13.8 Å². The second kappa shape index (κ2) is 7.45. The molecule has 0 bridgehead atoms. The molecular weight excluding hydrogens is 366 g/mol. The first-order chi connectivity index (χ1) is 11.7. The first-order valence-electron chi connectivity index (χ1n) is 7.47. The molecule has 0 amide bonds. The van der Waals surface area contributed by atoms with E-state index < -0.39 is 5.82 Å². The number of rotatable bonds is 4. The number of aliphatic imine (C=N–C) groups is 2. The molecule has 1 aromatic carbocycles. The van der Waals surface area contributed by atoms with Crippen LogP contribution < -0.4 is 0 Å². The third-order valence-corrected chi connectivity index (χ3v) is 3.90. The fourth-order valence-corrected chi connectivity index (χ4v) is 2.76. The number of aromatic nitrogens is 2. The van der Waals surface area contributed by atoms with Crippen LogP contribution in [-0.2, 0) is 0 Å². The van der Waals surface area contributed by atoms with Crippen molar-refractivity contribution in [1.82, 2.24) is 9.55 Å². The van der Waals surface area contributed by atoms with Gasteiger partial charge in [-0.15, -0.1) is 0 Å². The maximum atomic E-state index is 14.6. The van der Waals surface area contributed by atoms with Crippen molar-refractivity contribution in [2.45, 2.75) is 33.7 Å². The van der Waals surface area contributed by atoms with Crippen LogP contribution in [0.4, 0.5) is 4.39 Å². The van der Waals surface area contributed by atoms with Crippen LogP contribution in [0.2, 0.25) is 0 Å². The quantitative estimate of drug-likeness (QED) is 0.316. The number of imidazole rings is 1. The van der Waals surface area contributed by atoms with Crippen molar-refractivity contribution >= 4 is 57.7 Å². The zero-order valence-corrected chi connectivity index (χ0v) is 15.8. The first kappa shape index (κ1) is 19.3. The summed E-state index contributed by atoms with van der Waals surface area (Å²) in [5, 5.41) is 0.195. The fraction of sp³-hybridized carbons (Fsp3) is 0.294. The SMILES string of the molecule is C=NC(Cl)=N/C(=C(\C)Cl)c1cc(F)c2nc(C(C)=O)n(C(C)C)c2c1. The number of ketones is 1. The molecule has 0 atom stereocenters. The van der Waals surface area contributed by atoms with Crippen LogP contribution >= 0.6 is 23.2 Å². The third-order valence-electron chi connectivity index (χ3n) is 3.51. The summed E-state index contributed by atoms with van der Waals surface area (Å²) in [7, 11) is 0. The number of benzene rings is 1. The normalized spacial score (nSPS) is 13.4. The lowest BCUT2D eigenvalue weighted by molar-refractivity contribution is 0.0998. The van der Waals surface area contributed by atoms with Crippen molar-refractivity contribution in [3.05, 3.63) is 34.4 Å². The summed E-state index contributed by atoms with van der Waals surface area (Å²) in [6, 6.07) is 2.84. The topological polar surface area (TPSA) is 59.6 Å². The molecule has 132 valence electrons. The van der Waals surface area contributed by atoms with Crippen molar-refractivity contribution < 1.29 is 9.18 Å². The molecule has 0 aliphatic heterocycles. The Labute approximate surface area is 154 Å². The number of fused-ring (bicyclic) bond motifs is 1. The number of amidine groups is 1. The zero-order valence-electron chi connectivity index (χ0n) is 14.3. The molecular formula is C17H17Cl2FN4O. The minimum atomic E-state index is -0.581. The number of carbonyl (C=O) groups is 1. The van der Waals surface area contributed by atoms with E-state index in [9.17, 15) is 9.18 Å². The highest BCUT2D eigenvalue weighted by atomic mass is 35.5. The standard InChI is InChI=1S/C17H17Cl2FN4O/c1-8(2)24-13-7-11(14(9(3)18)23-17(19)21-5)6-12(20)15(13)22-16(24)10(4)25/h6-8H,5H2,1-4H3/b14-9+,23-17?. The summed E-state index contributed by atoms with van der Waals surface area (Å²) in [4.78, 5) is 23.6. The highest BCUT2D eigenvalue weighted by Crippen LogP contribution is 2.30. The van der Waals surface area contributed by atoms with E-state index >= 15 is 0 Å². The van der Waals surface area contributed by atoms with Crippen molar-refractivity contribution in [1.29, 1.82) is 0 Å². The maximum absolute atomic E-state index is 14.6. The van der Waals surface area contributed by atoms with E-state index in [1.165, 1.54) is 13.0 Å². The van der Waals surface area contributed by atoms with Crippen molar-refractivity contribution in [3.63, 3.8) is 0 Å². The van der Waals surface area contributed by atoms with Gasteiger partial charge in [-0.2, -0.15) is 0 Å². The molecule has 0 spiro atoms. The molecule has 0 N–H and O–H groups in total.